The van der Waals surface area contributed by atoms with Crippen LogP contribution in [0.1, 0.15) is 33.8 Å². The molecule has 3 aromatic carbocycles. The first-order chi connectivity index (χ1) is 15.4. The summed E-state index contributed by atoms with van der Waals surface area (Å²) in [5.41, 5.74) is 14.4. The van der Waals surface area contributed by atoms with Crippen molar-refractivity contribution in [1.82, 2.24) is 0 Å². The topological polar surface area (TPSA) is 119 Å². The van der Waals surface area contributed by atoms with Gasteiger partial charge in [-0.2, -0.15) is 0 Å². The first kappa shape index (κ1) is 21.3. The Balaban J connectivity index is 1.31. The lowest BCUT2D eigenvalue weighted by atomic mass is 10.1. The molecule has 0 aliphatic heterocycles. The minimum Gasteiger partial charge on any atom is -0.444 e. The maximum Gasteiger partial charge on any atom is 0.411 e. The first-order valence-corrected chi connectivity index (χ1v) is 10.1. The van der Waals surface area contributed by atoms with Gasteiger partial charge in [0.25, 0.3) is 5.91 Å². The maximum atomic E-state index is 14.4. The van der Waals surface area contributed by atoms with Crippen molar-refractivity contribution in [2.45, 2.75) is 25.0 Å². The summed E-state index contributed by atoms with van der Waals surface area (Å²) in [6.45, 7) is 0.0737. The Morgan fingerprint density at radius 1 is 1.03 bits per heavy atom. The summed E-state index contributed by atoms with van der Waals surface area (Å²) in [5, 5.41) is 5.01. The number of benzene rings is 3. The van der Waals surface area contributed by atoms with Gasteiger partial charge in [-0.05, 0) is 47.9 Å². The predicted octanol–water partition coefficient (Wildman–Crippen LogP) is 4.22. The second kappa shape index (κ2) is 9.07. The van der Waals surface area contributed by atoms with Crippen LogP contribution in [0.4, 0.5) is 26.2 Å². The average molecular weight is 434 g/mol. The molecule has 0 saturated heterocycles. The highest BCUT2D eigenvalue weighted by Gasteiger charge is 2.34. The van der Waals surface area contributed by atoms with Gasteiger partial charge in [-0.3, -0.25) is 10.1 Å². The van der Waals surface area contributed by atoms with Crippen molar-refractivity contribution >= 4 is 29.1 Å². The van der Waals surface area contributed by atoms with Crippen LogP contribution in [0.2, 0.25) is 0 Å². The van der Waals surface area contributed by atoms with Crippen LogP contribution in [0.3, 0.4) is 0 Å². The normalized spacial score (nSPS) is 16.8. The number of nitrogen functional groups attached to an aromatic ring is 1. The van der Waals surface area contributed by atoms with E-state index in [-0.39, 0.29) is 23.9 Å². The molecule has 1 unspecified atom stereocenters. The predicted molar refractivity (Wildman–Crippen MR) is 121 cm³/mol. The number of rotatable bonds is 6. The largest absolute Gasteiger partial charge is 0.444 e. The number of amides is 2. The summed E-state index contributed by atoms with van der Waals surface area (Å²) in [6, 6.07) is 18.4. The van der Waals surface area contributed by atoms with Crippen LogP contribution >= 0.6 is 0 Å². The Hall–Kier alpha value is -3.91. The number of anilines is 3. The summed E-state index contributed by atoms with van der Waals surface area (Å²) < 4.78 is 19.6. The molecular formula is C24H23FN4O3. The Kier molecular flexibility index (Phi) is 6.04. The van der Waals surface area contributed by atoms with Gasteiger partial charge in [0.05, 0.1) is 16.9 Å². The molecule has 6 N–H and O–H groups in total. The molecule has 0 bridgehead atoms. The second-order valence-corrected chi connectivity index (χ2v) is 7.68. The van der Waals surface area contributed by atoms with Crippen molar-refractivity contribution in [1.29, 1.82) is 0 Å². The monoisotopic (exact) mass is 434 g/mol. The number of nitrogens with one attached hydrogen (secondary N) is 2. The smallest absolute Gasteiger partial charge is 0.411 e. The van der Waals surface area contributed by atoms with E-state index in [0.717, 1.165) is 18.1 Å². The Morgan fingerprint density at radius 3 is 2.41 bits per heavy atom. The number of hydrogen-bond acceptors (Lipinski definition) is 5. The van der Waals surface area contributed by atoms with Crippen molar-refractivity contribution in [3.8, 4) is 0 Å². The van der Waals surface area contributed by atoms with Gasteiger partial charge in [-0.25, -0.2) is 9.18 Å². The van der Waals surface area contributed by atoms with Crippen LogP contribution < -0.4 is 22.1 Å². The molecule has 0 aromatic heterocycles. The molecule has 1 fully saturated rings. The molecule has 1 aliphatic rings. The van der Waals surface area contributed by atoms with Crippen molar-refractivity contribution < 1.29 is 18.7 Å². The molecule has 3 aromatic rings. The zero-order valence-corrected chi connectivity index (χ0v) is 17.2. The molecule has 4 rings (SSSR count). The highest BCUT2D eigenvalue weighted by Crippen LogP contribution is 2.38. The van der Waals surface area contributed by atoms with E-state index in [4.69, 9.17) is 16.2 Å². The summed E-state index contributed by atoms with van der Waals surface area (Å²) in [4.78, 5) is 24.4. The van der Waals surface area contributed by atoms with Crippen molar-refractivity contribution in [3.05, 3.63) is 89.2 Å². The molecule has 7 nitrogen and oxygen atoms in total. The number of ether oxygens (including phenoxy) is 1. The van der Waals surface area contributed by atoms with Crippen LogP contribution in [0.15, 0.2) is 66.7 Å². The molecule has 8 heteroatoms. The fourth-order valence-electron chi connectivity index (χ4n) is 3.34. The van der Waals surface area contributed by atoms with E-state index in [1.807, 2.05) is 24.3 Å². The molecule has 0 spiro atoms. The first-order valence-electron chi connectivity index (χ1n) is 10.1. The van der Waals surface area contributed by atoms with E-state index in [1.54, 1.807) is 24.3 Å². The Bertz CT molecular complexity index is 1150. The molecule has 2 atom stereocenters. The SMILES string of the molecule is Nc1ccccc1NC(=O)c1ccc(NC(=O)OCc2ccc(C3C[C@@H]3N)cc2)cc1F. The van der Waals surface area contributed by atoms with Crippen LogP contribution in [0.5, 0.6) is 0 Å². The van der Waals surface area contributed by atoms with Gasteiger partial charge in [0.1, 0.15) is 12.4 Å². The lowest BCUT2D eigenvalue weighted by Crippen LogP contribution is -2.16. The van der Waals surface area contributed by atoms with E-state index in [2.05, 4.69) is 10.6 Å². The van der Waals surface area contributed by atoms with Crippen LogP contribution in [-0.4, -0.2) is 18.0 Å². The standard InChI is InChI=1S/C24H23FN4O3/c25-19-11-16(9-10-17(19)23(30)29-22-4-2-1-3-20(22)26)28-24(31)32-13-14-5-7-15(8-6-14)18-12-21(18)27/h1-11,18,21H,12-13,26-27H2,(H,28,31)(H,29,30)/t18?,21-/m0/s1. The second-order valence-electron chi connectivity index (χ2n) is 7.68. The highest BCUT2D eigenvalue weighted by molar-refractivity contribution is 6.06. The number of carbonyl (C=O) groups excluding carboxylic acids is 2. The van der Waals surface area contributed by atoms with E-state index >= 15 is 0 Å². The quantitative estimate of drug-likeness (QED) is 0.433. The van der Waals surface area contributed by atoms with Gasteiger partial charge in [0.15, 0.2) is 0 Å². The van der Waals surface area contributed by atoms with Gasteiger partial charge in [0.2, 0.25) is 0 Å². The molecule has 0 heterocycles. The molecule has 32 heavy (non-hydrogen) atoms. The fourth-order valence-corrected chi connectivity index (χ4v) is 3.34. The molecule has 1 saturated carbocycles. The van der Waals surface area contributed by atoms with Gasteiger partial charge < -0.3 is 21.5 Å². The average Bonchev–Trinajstić information content (AvgIpc) is 3.51. The van der Waals surface area contributed by atoms with E-state index in [0.29, 0.717) is 17.3 Å². The molecule has 2 amide bonds. The van der Waals surface area contributed by atoms with Gasteiger partial charge in [0, 0.05) is 17.6 Å². The zero-order chi connectivity index (χ0) is 22.7. The zero-order valence-electron chi connectivity index (χ0n) is 17.2. The lowest BCUT2D eigenvalue weighted by molar-refractivity contribution is 0.102. The number of nitrogens with two attached hydrogens (primary N) is 2. The minimum absolute atomic E-state index is 0.0737. The fraction of sp³-hybridized carbons (Fsp3) is 0.167. The van der Waals surface area contributed by atoms with Gasteiger partial charge >= 0.3 is 6.09 Å². The van der Waals surface area contributed by atoms with Crippen LogP contribution in [-0.2, 0) is 11.3 Å². The highest BCUT2D eigenvalue weighted by atomic mass is 19.1. The molecule has 1 aliphatic carbocycles. The summed E-state index contributed by atoms with van der Waals surface area (Å²) >= 11 is 0. The summed E-state index contributed by atoms with van der Waals surface area (Å²) in [7, 11) is 0. The summed E-state index contributed by atoms with van der Waals surface area (Å²) in [6.07, 6.45) is 0.266. The van der Waals surface area contributed by atoms with E-state index in [9.17, 15) is 14.0 Å². The maximum absolute atomic E-state index is 14.4. The van der Waals surface area contributed by atoms with Crippen LogP contribution in [0.25, 0.3) is 0 Å². The van der Waals surface area contributed by atoms with Gasteiger partial charge in [-0.15, -0.1) is 0 Å². The summed E-state index contributed by atoms with van der Waals surface area (Å²) in [5.74, 6) is -1.02. The number of carbonyl (C=O) groups is 2. The molecular weight excluding hydrogens is 411 g/mol. The minimum atomic E-state index is -0.788. The van der Waals surface area contributed by atoms with Crippen molar-refractivity contribution in [2.24, 2.45) is 5.73 Å². The molecule has 0 radical (unpaired) electrons. The Morgan fingerprint density at radius 2 is 1.75 bits per heavy atom. The number of hydrogen-bond donors (Lipinski definition) is 4. The lowest BCUT2D eigenvalue weighted by Gasteiger charge is -2.11. The van der Waals surface area contributed by atoms with E-state index in [1.165, 1.54) is 17.7 Å². The molecule has 164 valence electrons. The third-order valence-electron chi connectivity index (χ3n) is 5.29. The van der Waals surface area contributed by atoms with E-state index < -0.39 is 17.8 Å². The van der Waals surface area contributed by atoms with Crippen molar-refractivity contribution in [2.75, 3.05) is 16.4 Å². The third kappa shape index (κ3) is 5.04. The number of halogens is 1. The van der Waals surface area contributed by atoms with Gasteiger partial charge in [-0.1, -0.05) is 36.4 Å². The Labute approximate surface area is 184 Å². The van der Waals surface area contributed by atoms with Crippen LogP contribution in [0, 0.1) is 5.82 Å². The number of para-hydroxylation sites is 2. The van der Waals surface area contributed by atoms with Crippen molar-refractivity contribution in [3.63, 3.8) is 0 Å². The third-order valence-corrected chi connectivity index (χ3v) is 5.29.